The van der Waals surface area contributed by atoms with Gasteiger partial charge in [-0.2, -0.15) is 0 Å². The van der Waals surface area contributed by atoms with Crippen molar-refractivity contribution in [1.82, 2.24) is 0 Å². The molecule has 0 aliphatic carbocycles. The lowest BCUT2D eigenvalue weighted by atomic mass is 10.0. The van der Waals surface area contributed by atoms with Gasteiger partial charge in [0.1, 0.15) is 5.82 Å². The third-order valence-corrected chi connectivity index (χ3v) is 2.93. The highest BCUT2D eigenvalue weighted by atomic mass is 35.5. The highest BCUT2D eigenvalue weighted by Gasteiger charge is 2.15. The zero-order valence-corrected chi connectivity index (χ0v) is 10.5. The van der Waals surface area contributed by atoms with Crippen LogP contribution in [0.5, 0.6) is 0 Å². The monoisotopic (exact) mass is 286 g/mol. The predicted molar refractivity (Wildman–Crippen MR) is 66.4 cm³/mol. The molecule has 1 unspecified atom stereocenters. The molecule has 0 fully saturated rings. The number of aliphatic hydroxyl groups is 1. The van der Waals surface area contributed by atoms with Gasteiger partial charge in [0.25, 0.3) is 0 Å². The SMILES string of the molecule is OC(Cc1cccc(F)c1F)c1cc(F)cc(Cl)c1. The van der Waals surface area contributed by atoms with Crippen molar-refractivity contribution in [2.75, 3.05) is 0 Å². The highest BCUT2D eigenvalue weighted by Crippen LogP contribution is 2.24. The summed E-state index contributed by atoms with van der Waals surface area (Å²) in [5.74, 6) is -2.59. The molecule has 0 amide bonds. The van der Waals surface area contributed by atoms with Crippen LogP contribution in [0, 0.1) is 17.5 Å². The number of aliphatic hydroxyl groups excluding tert-OH is 1. The minimum Gasteiger partial charge on any atom is -0.388 e. The van der Waals surface area contributed by atoms with Crippen molar-refractivity contribution >= 4 is 11.6 Å². The van der Waals surface area contributed by atoms with Crippen molar-refractivity contribution < 1.29 is 18.3 Å². The average Bonchev–Trinajstić information content (AvgIpc) is 2.33. The molecule has 0 aliphatic rings. The van der Waals surface area contributed by atoms with Crippen LogP contribution < -0.4 is 0 Å². The van der Waals surface area contributed by atoms with E-state index in [0.717, 1.165) is 18.2 Å². The molecule has 0 radical (unpaired) electrons. The molecule has 2 rings (SSSR count). The summed E-state index contributed by atoms with van der Waals surface area (Å²) in [5.41, 5.74) is 0.238. The van der Waals surface area contributed by atoms with Crippen LogP contribution in [0.2, 0.25) is 5.02 Å². The topological polar surface area (TPSA) is 20.2 Å². The molecule has 0 saturated carbocycles. The molecule has 0 bridgehead atoms. The van der Waals surface area contributed by atoms with Gasteiger partial charge in [-0.15, -0.1) is 0 Å². The summed E-state index contributed by atoms with van der Waals surface area (Å²) in [7, 11) is 0. The summed E-state index contributed by atoms with van der Waals surface area (Å²) in [6.45, 7) is 0. The van der Waals surface area contributed by atoms with Crippen molar-refractivity contribution in [3.8, 4) is 0 Å². The fraction of sp³-hybridized carbons (Fsp3) is 0.143. The second-order valence-corrected chi connectivity index (χ2v) is 4.57. The largest absolute Gasteiger partial charge is 0.388 e. The summed E-state index contributed by atoms with van der Waals surface area (Å²) in [5, 5.41) is 10.1. The van der Waals surface area contributed by atoms with Crippen LogP contribution in [-0.4, -0.2) is 5.11 Å². The molecule has 100 valence electrons. The lowest BCUT2D eigenvalue weighted by Crippen LogP contribution is -2.05. The predicted octanol–water partition coefficient (Wildman–Crippen LogP) is 4.03. The Labute approximate surface area is 113 Å². The zero-order chi connectivity index (χ0) is 14.0. The van der Waals surface area contributed by atoms with E-state index in [2.05, 4.69) is 0 Å². The smallest absolute Gasteiger partial charge is 0.162 e. The molecule has 2 aromatic rings. The van der Waals surface area contributed by atoms with E-state index in [1.54, 1.807) is 0 Å². The van der Waals surface area contributed by atoms with Crippen LogP contribution in [-0.2, 0) is 6.42 Å². The van der Waals surface area contributed by atoms with Crippen LogP contribution in [0.15, 0.2) is 36.4 Å². The van der Waals surface area contributed by atoms with E-state index in [1.807, 2.05) is 0 Å². The van der Waals surface area contributed by atoms with E-state index in [9.17, 15) is 18.3 Å². The van der Waals surface area contributed by atoms with Gasteiger partial charge in [0, 0.05) is 11.4 Å². The maximum atomic E-state index is 13.5. The normalized spacial score (nSPS) is 12.5. The Bertz CT molecular complexity index is 581. The van der Waals surface area contributed by atoms with Gasteiger partial charge in [-0.3, -0.25) is 0 Å². The van der Waals surface area contributed by atoms with Crippen molar-refractivity contribution in [3.63, 3.8) is 0 Å². The maximum absolute atomic E-state index is 13.5. The molecular formula is C14H10ClF3O. The molecule has 0 aliphatic heterocycles. The van der Waals surface area contributed by atoms with Gasteiger partial charge in [0.05, 0.1) is 6.10 Å². The average molecular weight is 287 g/mol. The van der Waals surface area contributed by atoms with E-state index in [0.29, 0.717) is 0 Å². The summed E-state index contributed by atoms with van der Waals surface area (Å²) in [6.07, 6.45) is -1.33. The van der Waals surface area contributed by atoms with Crippen LogP contribution in [0.25, 0.3) is 0 Å². The Kier molecular flexibility index (Phi) is 4.12. The molecular weight excluding hydrogens is 277 g/mol. The summed E-state index contributed by atoms with van der Waals surface area (Å²) >= 11 is 5.67. The molecule has 0 spiro atoms. The molecule has 0 saturated heterocycles. The van der Waals surface area contributed by atoms with Crippen LogP contribution in [0.4, 0.5) is 13.2 Å². The number of halogens is 4. The quantitative estimate of drug-likeness (QED) is 0.903. The van der Waals surface area contributed by atoms with Gasteiger partial charge < -0.3 is 5.11 Å². The Morgan fingerprint density at radius 2 is 1.84 bits per heavy atom. The maximum Gasteiger partial charge on any atom is 0.162 e. The van der Waals surface area contributed by atoms with Crippen molar-refractivity contribution in [3.05, 3.63) is 70.0 Å². The minimum atomic E-state index is -1.16. The van der Waals surface area contributed by atoms with Gasteiger partial charge >= 0.3 is 0 Å². The first-order valence-electron chi connectivity index (χ1n) is 5.54. The zero-order valence-electron chi connectivity index (χ0n) is 9.71. The Balaban J connectivity index is 2.25. The van der Waals surface area contributed by atoms with Crippen LogP contribution in [0.1, 0.15) is 17.2 Å². The number of benzene rings is 2. The summed E-state index contributed by atoms with van der Waals surface area (Å²) in [6, 6.07) is 7.28. The number of hydrogen-bond donors (Lipinski definition) is 1. The van der Waals surface area contributed by atoms with Crippen molar-refractivity contribution in [1.29, 1.82) is 0 Å². The van der Waals surface area contributed by atoms with E-state index in [-0.39, 0.29) is 22.6 Å². The number of hydrogen-bond acceptors (Lipinski definition) is 1. The Morgan fingerprint density at radius 1 is 1.11 bits per heavy atom. The Hall–Kier alpha value is -1.52. The van der Waals surface area contributed by atoms with E-state index in [1.165, 1.54) is 18.2 Å². The Morgan fingerprint density at radius 3 is 2.53 bits per heavy atom. The summed E-state index contributed by atoms with van der Waals surface area (Å²) in [4.78, 5) is 0. The molecule has 1 N–H and O–H groups in total. The first-order chi connectivity index (χ1) is 8.97. The second-order valence-electron chi connectivity index (χ2n) is 4.14. The third-order valence-electron chi connectivity index (χ3n) is 2.71. The fourth-order valence-electron chi connectivity index (χ4n) is 1.80. The van der Waals surface area contributed by atoms with Crippen molar-refractivity contribution in [2.45, 2.75) is 12.5 Å². The first-order valence-corrected chi connectivity index (χ1v) is 5.92. The van der Waals surface area contributed by atoms with Crippen LogP contribution in [0.3, 0.4) is 0 Å². The molecule has 0 heterocycles. The third kappa shape index (κ3) is 3.28. The van der Waals surface area contributed by atoms with E-state index in [4.69, 9.17) is 11.6 Å². The standard InChI is InChI=1S/C14H10ClF3O/c15-10-4-9(5-11(16)7-10)13(19)6-8-2-1-3-12(17)14(8)18/h1-5,7,13,19H,6H2. The van der Waals surface area contributed by atoms with E-state index < -0.39 is 23.6 Å². The van der Waals surface area contributed by atoms with Gasteiger partial charge in [0.2, 0.25) is 0 Å². The van der Waals surface area contributed by atoms with E-state index >= 15 is 0 Å². The number of rotatable bonds is 3. The lowest BCUT2D eigenvalue weighted by molar-refractivity contribution is 0.176. The molecule has 1 atom stereocenters. The fourth-order valence-corrected chi connectivity index (χ4v) is 2.03. The van der Waals surface area contributed by atoms with Crippen molar-refractivity contribution in [2.24, 2.45) is 0 Å². The highest BCUT2D eigenvalue weighted by molar-refractivity contribution is 6.30. The molecule has 2 aromatic carbocycles. The van der Waals surface area contributed by atoms with Gasteiger partial charge in [-0.25, -0.2) is 13.2 Å². The summed E-state index contributed by atoms with van der Waals surface area (Å²) < 4.78 is 39.6. The van der Waals surface area contributed by atoms with Crippen LogP contribution >= 0.6 is 11.6 Å². The van der Waals surface area contributed by atoms with Gasteiger partial charge in [-0.1, -0.05) is 23.7 Å². The molecule has 1 nitrogen and oxygen atoms in total. The molecule has 0 aromatic heterocycles. The van der Waals surface area contributed by atoms with Gasteiger partial charge in [-0.05, 0) is 35.4 Å². The minimum absolute atomic E-state index is 0.0212. The lowest BCUT2D eigenvalue weighted by Gasteiger charge is -2.12. The first kappa shape index (κ1) is 13.9. The van der Waals surface area contributed by atoms with Gasteiger partial charge in [0.15, 0.2) is 11.6 Å². The molecule has 5 heteroatoms. The second kappa shape index (κ2) is 5.63. The molecule has 19 heavy (non-hydrogen) atoms.